The van der Waals surface area contributed by atoms with E-state index in [1.807, 2.05) is 18.2 Å². The number of hydrogen-bond acceptors (Lipinski definition) is 3. The first-order chi connectivity index (χ1) is 8.18. The fourth-order valence-corrected chi connectivity index (χ4v) is 2.30. The Morgan fingerprint density at radius 2 is 1.82 bits per heavy atom. The maximum absolute atomic E-state index is 12.2. The second kappa shape index (κ2) is 4.93. The van der Waals surface area contributed by atoms with Crippen molar-refractivity contribution in [2.75, 3.05) is 5.32 Å². The van der Waals surface area contributed by atoms with Gasteiger partial charge in [-0.1, -0.05) is 30.3 Å². The molecular weight excluding hydrogens is 234 g/mol. The van der Waals surface area contributed by atoms with Crippen LogP contribution in [0.2, 0.25) is 0 Å². The Kier molecular flexibility index (Phi) is 3.35. The molecule has 3 nitrogen and oxygen atoms in total. The highest BCUT2D eigenvalue weighted by molar-refractivity contribution is 7.13. The first-order valence-corrected chi connectivity index (χ1v) is 6.01. The highest BCUT2D eigenvalue weighted by Gasteiger charge is 2.15. The van der Waals surface area contributed by atoms with Gasteiger partial charge in [0.25, 0.3) is 0 Å². The molecule has 0 saturated heterocycles. The van der Waals surface area contributed by atoms with Crippen LogP contribution in [0.4, 0.5) is 5.69 Å². The van der Waals surface area contributed by atoms with E-state index in [2.05, 4.69) is 5.32 Å². The summed E-state index contributed by atoms with van der Waals surface area (Å²) in [6.45, 7) is 1.43. The van der Waals surface area contributed by atoms with Gasteiger partial charge < -0.3 is 5.32 Å². The smallest absolute Gasteiger partial charge is 0.221 e. The van der Waals surface area contributed by atoms with Gasteiger partial charge in [0.1, 0.15) is 0 Å². The molecule has 1 heterocycles. The van der Waals surface area contributed by atoms with Gasteiger partial charge in [-0.15, -0.1) is 11.3 Å². The standard InChI is InChI=1S/C13H11NO2S/c1-9(15)14-11-7-8-17-13(11)12(16)10-5-3-2-4-6-10/h2-8H,1H3,(H,14,15). The molecule has 0 unspecified atom stereocenters. The Hall–Kier alpha value is -1.94. The van der Waals surface area contributed by atoms with E-state index in [0.717, 1.165) is 0 Å². The van der Waals surface area contributed by atoms with Gasteiger partial charge in [0, 0.05) is 12.5 Å². The van der Waals surface area contributed by atoms with Crippen LogP contribution in [-0.4, -0.2) is 11.7 Å². The molecule has 17 heavy (non-hydrogen) atoms. The van der Waals surface area contributed by atoms with Crippen LogP contribution in [-0.2, 0) is 4.79 Å². The van der Waals surface area contributed by atoms with Crippen molar-refractivity contribution >= 4 is 28.7 Å². The Balaban J connectivity index is 2.32. The molecule has 1 N–H and O–H groups in total. The van der Waals surface area contributed by atoms with Gasteiger partial charge in [-0.3, -0.25) is 9.59 Å². The summed E-state index contributed by atoms with van der Waals surface area (Å²) in [6.07, 6.45) is 0. The van der Waals surface area contributed by atoms with E-state index in [9.17, 15) is 9.59 Å². The summed E-state index contributed by atoms with van der Waals surface area (Å²) in [4.78, 5) is 23.7. The molecule has 0 saturated carbocycles. The number of ketones is 1. The number of nitrogens with one attached hydrogen (secondary N) is 1. The lowest BCUT2D eigenvalue weighted by Gasteiger charge is -2.03. The number of amides is 1. The lowest BCUT2D eigenvalue weighted by atomic mass is 10.1. The van der Waals surface area contributed by atoms with Crippen molar-refractivity contribution in [2.45, 2.75) is 6.92 Å². The van der Waals surface area contributed by atoms with Crippen molar-refractivity contribution in [1.82, 2.24) is 0 Å². The van der Waals surface area contributed by atoms with Gasteiger partial charge in [0.2, 0.25) is 11.7 Å². The van der Waals surface area contributed by atoms with Gasteiger partial charge in [0.15, 0.2) is 0 Å². The Labute approximate surface area is 103 Å². The van der Waals surface area contributed by atoms with Gasteiger partial charge >= 0.3 is 0 Å². The Bertz CT molecular complexity index is 546. The molecule has 0 radical (unpaired) electrons. The zero-order chi connectivity index (χ0) is 12.3. The highest BCUT2D eigenvalue weighted by atomic mass is 32.1. The Morgan fingerprint density at radius 3 is 2.47 bits per heavy atom. The predicted octanol–water partition coefficient (Wildman–Crippen LogP) is 2.94. The summed E-state index contributed by atoms with van der Waals surface area (Å²) >= 11 is 1.33. The lowest BCUT2D eigenvalue weighted by Crippen LogP contribution is -2.09. The van der Waals surface area contributed by atoms with Crippen LogP contribution in [0.15, 0.2) is 41.8 Å². The van der Waals surface area contributed by atoms with Gasteiger partial charge in [-0.25, -0.2) is 0 Å². The maximum Gasteiger partial charge on any atom is 0.221 e. The number of benzene rings is 1. The minimum absolute atomic E-state index is 0.0654. The van der Waals surface area contributed by atoms with Gasteiger partial charge in [-0.2, -0.15) is 0 Å². The zero-order valence-corrected chi connectivity index (χ0v) is 10.1. The third kappa shape index (κ3) is 2.60. The molecule has 86 valence electrons. The van der Waals surface area contributed by atoms with Crippen LogP contribution >= 0.6 is 11.3 Å². The number of rotatable bonds is 3. The van der Waals surface area contributed by atoms with E-state index in [4.69, 9.17) is 0 Å². The Morgan fingerprint density at radius 1 is 1.12 bits per heavy atom. The highest BCUT2D eigenvalue weighted by Crippen LogP contribution is 2.25. The normalized spacial score (nSPS) is 9.94. The minimum atomic E-state index is -0.175. The molecule has 1 aromatic heterocycles. The summed E-state index contributed by atoms with van der Waals surface area (Å²) in [7, 11) is 0. The van der Waals surface area contributed by atoms with Crippen molar-refractivity contribution in [2.24, 2.45) is 0 Å². The average Bonchev–Trinajstić information content (AvgIpc) is 2.76. The van der Waals surface area contributed by atoms with E-state index >= 15 is 0 Å². The van der Waals surface area contributed by atoms with Crippen LogP contribution in [0.3, 0.4) is 0 Å². The number of carbonyl (C=O) groups excluding carboxylic acids is 2. The molecule has 2 rings (SSSR count). The molecule has 0 bridgehead atoms. The number of anilines is 1. The predicted molar refractivity (Wildman–Crippen MR) is 68.5 cm³/mol. The van der Waals surface area contributed by atoms with Gasteiger partial charge in [0.05, 0.1) is 10.6 Å². The lowest BCUT2D eigenvalue weighted by molar-refractivity contribution is -0.114. The zero-order valence-electron chi connectivity index (χ0n) is 9.27. The number of hydrogen-bond donors (Lipinski definition) is 1. The quantitative estimate of drug-likeness (QED) is 0.845. The molecule has 0 fully saturated rings. The van der Waals surface area contributed by atoms with E-state index in [1.165, 1.54) is 18.3 Å². The number of carbonyl (C=O) groups is 2. The molecule has 0 atom stereocenters. The summed E-state index contributed by atoms with van der Waals surface area (Å²) in [5, 5.41) is 4.45. The fourth-order valence-electron chi connectivity index (χ4n) is 1.49. The maximum atomic E-state index is 12.2. The fraction of sp³-hybridized carbons (Fsp3) is 0.0769. The summed E-state index contributed by atoms with van der Waals surface area (Å²) in [5.41, 5.74) is 1.21. The van der Waals surface area contributed by atoms with Crippen molar-refractivity contribution < 1.29 is 9.59 Å². The van der Waals surface area contributed by atoms with Gasteiger partial charge in [-0.05, 0) is 11.4 Å². The number of thiophene rings is 1. The van der Waals surface area contributed by atoms with Crippen molar-refractivity contribution in [3.05, 3.63) is 52.2 Å². The molecule has 0 aliphatic heterocycles. The van der Waals surface area contributed by atoms with E-state index in [-0.39, 0.29) is 11.7 Å². The van der Waals surface area contributed by atoms with Crippen LogP contribution in [0, 0.1) is 0 Å². The largest absolute Gasteiger partial charge is 0.325 e. The average molecular weight is 245 g/mol. The minimum Gasteiger partial charge on any atom is -0.325 e. The second-order valence-corrected chi connectivity index (χ2v) is 4.46. The molecule has 0 aliphatic carbocycles. The molecule has 1 aromatic carbocycles. The van der Waals surface area contributed by atoms with Crippen LogP contribution in [0.1, 0.15) is 22.2 Å². The molecule has 4 heteroatoms. The second-order valence-electron chi connectivity index (χ2n) is 3.54. The topological polar surface area (TPSA) is 46.2 Å². The SMILES string of the molecule is CC(=O)Nc1ccsc1C(=O)c1ccccc1. The summed E-state index contributed by atoms with van der Waals surface area (Å²) < 4.78 is 0. The van der Waals surface area contributed by atoms with Crippen molar-refractivity contribution in [3.63, 3.8) is 0 Å². The van der Waals surface area contributed by atoms with Crippen molar-refractivity contribution in [1.29, 1.82) is 0 Å². The molecule has 0 aliphatic rings. The third-order valence-corrected chi connectivity index (χ3v) is 3.13. The van der Waals surface area contributed by atoms with Crippen LogP contribution in [0.25, 0.3) is 0 Å². The van der Waals surface area contributed by atoms with Crippen LogP contribution in [0.5, 0.6) is 0 Å². The third-order valence-electron chi connectivity index (χ3n) is 2.22. The monoisotopic (exact) mass is 245 g/mol. The molecule has 2 aromatic rings. The van der Waals surface area contributed by atoms with E-state index in [1.54, 1.807) is 23.6 Å². The first kappa shape index (κ1) is 11.5. The molecule has 0 spiro atoms. The van der Waals surface area contributed by atoms with Crippen molar-refractivity contribution in [3.8, 4) is 0 Å². The van der Waals surface area contributed by atoms with E-state index < -0.39 is 0 Å². The summed E-state index contributed by atoms with van der Waals surface area (Å²) in [6, 6.07) is 10.8. The molecule has 1 amide bonds. The van der Waals surface area contributed by atoms with E-state index in [0.29, 0.717) is 16.1 Å². The van der Waals surface area contributed by atoms with Crippen LogP contribution < -0.4 is 5.32 Å². The summed E-state index contributed by atoms with van der Waals surface area (Å²) in [5.74, 6) is -0.241. The molecular formula is C13H11NO2S. The first-order valence-electron chi connectivity index (χ1n) is 5.13.